The Labute approximate surface area is 93.8 Å². The zero-order chi connectivity index (χ0) is 13.3. The smallest absolute Gasteiger partial charge is 0.417 e. The minimum Gasteiger partial charge on any atom is -0.480 e. The molecule has 0 aliphatic carbocycles. The van der Waals surface area contributed by atoms with Gasteiger partial charge in [-0.3, -0.25) is 5.32 Å². The van der Waals surface area contributed by atoms with E-state index in [1.165, 1.54) is 6.92 Å². The first-order chi connectivity index (χ1) is 7.68. The molecule has 0 aromatic carbocycles. The predicted octanol–water partition coefficient (Wildman–Crippen LogP) is 0.873. The number of aryl methyl sites for hydroxylation is 1. The van der Waals surface area contributed by atoms with E-state index in [-0.39, 0.29) is 5.69 Å². The van der Waals surface area contributed by atoms with Gasteiger partial charge in [0, 0.05) is 6.54 Å². The van der Waals surface area contributed by atoms with Crippen LogP contribution in [0.15, 0.2) is 4.63 Å². The van der Waals surface area contributed by atoms with E-state index in [0.717, 1.165) is 0 Å². The van der Waals surface area contributed by atoms with Gasteiger partial charge in [0.1, 0.15) is 11.4 Å². The number of halogens is 3. The van der Waals surface area contributed by atoms with Crippen LogP contribution in [0.1, 0.15) is 18.3 Å². The maximum Gasteiger partial charge on any atom is 0.417 e. The van der Waals surface area contributed by atoms with Crippen LogP contribution in [0.2, 0.25) is 0 Å². The number of aliphatic carboxylic acids is 1. The van der Waals surface area contributed by atoms with Gasteiger partial charge in [-0.05, 0) is 13.8 Å². The molecule has 0 saturated carbocycles. The molecule has 1 rings (SSSR count). The molecule has 0 aliphatic heterocycles. The van der Waals surface area contributed by atoms with Crippen LogP contribution < -0.4 is 5.32 Å². The van der Waals surface area contributed by atoms with Crippen LogP contribution in [0.5, 0.6) is 0 Å². The van der Waals surface area contributed by atoms with Crippen LogP contribution in [0.25, 0.3) is 0 Å². The number of aromatic nitrogens is 2. The van der Waals surface area contributed by atoms with Gasteiger partial charge >= 0.3 is 12.1 Å². The van der Waals surface area contributed by atoms with E-state index < -0.39 is 24.2 Å². The molecule has 0 saturated heterocycles. The maximum absolute atomic E-state index is 12.6. The molecule has 1 heterocycles. The summed E-state index contributed by atoms with van der Waals surface area (Å²) in [4.78, 5) is 10.7. The first-order valence-electron chi connectivity index (χ1n) is 4.51. The summed E-state index contributed by atoms with van der Waals surface area (Å²) in [6.07, 6.45) is -4.93. The number of hydrogen-bond acceptors (Lipinski definition) is 5. The second kappa shape index (κ2) is 4.32. The summed E-state index contributed by atoms with van der Waals surface area (Å²) in [6.45, 7) is 1.62. The molecule has 1 unspecified atom stereocenters. The van der Waals surface area contributed by atoms with E-state index in [2.05, 4.69) is 14.9 Å². The summed E-state index contributed by atoms with van der Waals surface area (Å²) in [6, 6.07) is 0. The zero-order valence-electron chi connectivity index (χ0n) is 9.00. The first kappa shape index (κ1) is 13.4. The molecule has 0 amide bonds. The van der Waals surface area contributed by atoms with Crippen molar-refractivity contribution in [3.05, 3.63) is 11.4 Å². The van der Waals surface area contributed by atoms with Crippen molar-refractivity contribution in [1.82, 2.24) is 15.6 Å². The third-order valence-corrected chi connectivity index (χ3v) is 2.35. The molecule has 1 atom stereocenters. The van der Waals surface area contributed by atoms with Crippen LogP contribution in [-0.4, -0.2) is 33.1 Å². The molecule has 0 bridgehead atoms. The monoisotopic (exact) mass is 253 g/mol. The van der Waals surface area contributed by atoms with Crippen molar-refractivity contribution in [2.75, 3.05) is 0 Å². The highest BCUT2D eigenvalue weighted by Gasteiger charge is 2.57. The Balaban J connectivity index is 2.83. The maximum atomic E-state index is 12.6. The number of hydrogen-bond donors (Lipinski definition) is 2. The van der Waals surface area contributed by atoms with Gasteiger partial charge in [-0.25, -0.2) is 9.42 Å². The lowest BCUT2D eigenvalue weighted by atomic mass is 10.0. The molecule has 17 heavy (non-hydrogen) atoms. The second-order valence-electron chi connectivity index (χ2n) is 3.58. The molecule has 1 aromatic rings. The molecular formula is C8H10F3N3O3. The summed E-state index contributed by atoms with van der Waals surface area (Å²) in [5.74, 6) is -2.01. The fourth-order valence-corrected chi connectivity index (χ4v) is 0.967. The Hall–Kier alpha value is -1.64. The molecule has 96 valence electrons. The van der Waals surface area contributed by atoms with Crippen molar-refractivity contribution in [3.63, 3.8) is 0 Å². The second-order valence-corrected chi connectivity index (χ2v) is 3.58. The Bertz CT molecular complexity index is 418. The average molecular weight is 253 g/mol. The van der Waals surface area contributed by atoms with Crippen molar-refractivity contribution >= 4 is 5.97 Å². The number of nitrogens with zero attached hydrogens (tertiary/aromatic N) is 2. The van der Waals surface area contributed by atoms with Gasteiger partial charge in [0.15, 0.2) is 0 Å². The molecular weight excluding hydrogens is 243 g/mol. The van der Waals surface area contributed by atoms with E-state index in [4.69, 9.17) is 5.11 Å². The highest BCUT2D eigenvalue weighted by atomic mass is 19.4. The van der Waals surface area contributed by atoms with Crippen molar-refractivity contribution < 1.29 is 27.7 Å². The largest absolute Gasteiger partial charge is 0.480 e. The van der Waals surface area contributed by atoms with Gasteiger partial charge < -0.3 is 5.11 Å². The summed E-state index contributed by atoms with van der Waals surface area (Å²) in [7, 11) is 0. The van der Waals surface area contributed by atoms with Crippen LogP contribution >= 0.6 is 0 Å². The average Bonchev–Trinajstić information content (AvgIpc) is 2.58. The third-order valence-electron chi connectivity index (χ3n) is 2.35. The van der Waals surface area contributed by atoms with Crippen molar-refractivity contribution in [2.24, 2.45) is 0 Å². The molecule has 0 radical (unpaired) electrons. The topological polar surface area (TPSA) is 88.3 Å². The third kappa shape index (κ3) is 2.54. The summed E-state index contributed by atoms with van der Waals surface area (Å²) in [5, 5.41) is 17.2. The molecule has 0 spiro atoms. The van der Waals surface area contributed by atoms with E-state index in [0.29, 0.717) is 12.6 Å². The fourth-order valence-electron chi connectivity index (χ4n) is 0.967. The van der Waals surface area contributed by atoms with Crippen molar-refractivity contribution in [2.45, 2.75) is 32.1 Å². The quantitative estimate of drug-likeness (QED) is 0.827. The van der Waals surface area contributed by atoms with Crippen molar-refractivity contribution in [3.8, 4) is 0 Å². The first-order valence-corrected chi connectivity index (χ1v) is 4.51. The van der Waals surface area contributed by atoms with Gasteiger partial charge in [-0.1, -0.05) is 10.3 Å². The zero-order valence-corrected chi connectivity index (χ0v) is 9.00. The van der Waals surface area contributed by atoms with Crippen LogP contribution in [0.3, 0.4) is 0 Å². The van der Waals surface area contributed by atoms with Gasteiger partial charge in [0.25, 0.3) is 0 Å². The van der Waals surface area contributed by atoms with Crippen LogP contribution in [0, 0.1) is 6.92 Å². The molecule has 0 fully saturated rings. The summed E-state index contributed by atoms with van der Waals surface area (Å²) < 4.78 is 42.0. The summed E-state index contributed by atoms with van der Waals surface area (Å²) in [5.41, 5.74) is -2.62. The number of carbonyl (C=O) groups is 1. The Morgan fingerprint density at radius 3 is 2.41 bits per heavy atom. The van der Waals surface area contributed by atoms with Gasteiger partial charge in [-0.15, -0.1) is 0 Å². The number of carboxylic acid groups (broad SMARTS) is 1. The Morgan fingerprint density at radius 2 is 2.06 bits per heavy atom. The minimum absolute atomic E-state index is 0.127. The summed E-state index contributed by atoms with van der Waals surface area (Å²) >= 11 is 0. The van der Waals surface area contributed by atoms with E-state index in [9.17, 15) is 18.0 Å². The molecule has 1 aromatic heterocycles. The van der Waals surface area contributed by atoms with E-state index >= 15 is 0 Å². The SMILES string of the molecule is Cc1nonc1CNC(C)(C(=O)O)C(F)(F)F. The number of rotatable bonds is 4. The van der Waals surface area contributed by atoms with Gasteiger partial charge in [-0.2, -0.15) is 13.2 Å². The predicted molar refractivity (Wildman–Crippen MR) is 48.0 cm³/mol. The van der Waals surface area contributed by atoms with Crippen molar-refractivity contribution in [1.29, 1.82) is 0 Å². The van der Waals surface area contributed by atoms with Gasteiger partial charge in [0.05, 0.1) is 0 Å². The Kier molecular flexibility index (Phi) is 3.41. The number of alkyl halides is 3. The normalized spacial score (nSPS) is 15.6. The van der Waals surface area contributed by atoms with Crippen LogP contribution in [0.4, 0.5) is 13.2 Å². The lowest BCUT2D eigenvalue weighted by Gasteiger charge is -2.28. The minimum atomic E-state index is -4.93. The standard InChI is InChI=1S/C8H10F3N3O3/c1-4-5(14-17-13-4)3-12-7(2,6(15)16)8(9,10)11/h12H,3H2,1-2H3,(H,15,16). The number of nitrogens with one attached hydrogen (secondary N) is 1. The lowest BCUT2D eigenvalue weighted by molar-refractivity contribution is -0.206. The lowest BCUT2D eigenvalue weighted by Crippen LogP contribution is -2.59. The highest BCUT2D eigenvalue weighted by Crippen LogP contribution is 2.30. The van der Waals surface area contributed by atoms with E-state index in [1.807, 2.05) is 5.32 Å². The molecule has 2 N–H and O–H groups in total. The highest BCUT2D eigenvalue weighted by molar-refractivity contribution is 5.79. The molecule has 0 aliphatic rings. The fraction of sp³-hybridized carbons (Fsp3) is 0.625. The van der Waals surface area contributed by atoms with E-state index in [1.54, 1.807) is 0 Å². The Morgan fingerprint density at radius 1 is 1.47 bits per heavy atom. The van der Waals surface area contributed by atoms with Gasteiger partial charge in [0.2, 0.25) is 5.54 Å². The molecule has 6 nitrogen and oxygen atoms in total. The van der Waals surface area contributed by atoms with Crippen LogP contribution in [-0.2, 0) is 11.3 Å². The number of carboxylic acids is 1. The molecule has 9 heteroatoms.